The first kappa shape index (κ1) is 17.8. The maximum absolute atomic E-state index is 5.58. The van der Waals surface area contributed by atoms with Gasteiger partial charge in [-0.15, -0.1) is 0 Å². The largest absolute Gasteiger partial charge is 0.444 e. The van der Waals surface area contributed by atoms with Gasteiger partial charge in [0.05, 0.1) is 12.2 Å². The molecule has 0 saturated carbocycles. The van der Waals surface area contributed by atoms with Gasteiger partial charge in [0, 0.05) is 26.2 Å². The molecule has 0 radical (unpaired) electrons. The number of hydrogen-bond acceptors (Lipinski definition) is 4. The Morgan fingerprint density at radius 2 is 2.17 bits per heavy atom. The van der Waals surface area contributed by atoms with Gasteiger partial charge in [-0.25, -0.2) is 4.98 Å². The van der Waals surface area contributed by atoms with Crippen molar-refractivity contribution in [2.75, 3.05) is 26.7 Å². The number of oxazole rings is 1. The first-order valence-corrected chi connectivity index (χ1v) is 8.61. The van der Waals surface area contributed by atoms with Crippen molar-refractivity contribution < 1.29 is 4.42 Å². The zero-order valence-corrected chi connectivity index (χ0v) is 15.1. The summed E-state index contributed by atoms with van der Waals surface area (Å²) in [4.78, 5) is 11.3. The lowest BCUT2D eigenvalue weighted by molar-refractivity contribution is 0.226. The second-order valence-corrected chi connectivity index (χ2v) is 6.74. The van der Waals surface area contributed by atoms with Crippen molar-refractivity contribution in [3.05, 3.63) is 17.3 Å². The third kappa shape index (κ3) is 5.23. The lowest BCUT2D eigenvalue weighted by atomic mass is 10.1. The molecule has 1 aromatic heterocycles. The van der Waals surface area contributed by atoms with E-state index < -0.39 is 0 Å². The van der Waals surface area contributed by atoms with Crippen LogP contribution in [0.15, 0.2) is 9.41 Å². The number of rotatable bonds is 6. The third-order valence-electron chi connectivity index (χ3n) is 4.31. The molecule has 2 heterocycles. The zero-order chi connectivity index (χ0) is 16.8. The summed E-state index contributed by atoms with van der Waals surface area (Å²) in [5.74, 6) is 3.09. The number of likely N-dealkylation sites (tertiary alicyclic amines) is 1. The summed E-state index contributed by atoms with van der Waals surface area (Å²) < 4.78 is 5.58. The highest BCUT2D eigenvalue weighted by Crippen LogP contribution is 2.17. The number of aromatic nitrogens is 1. The van der Waals surface area contributed by atoms with Crippen molar-refractivity contribution in [2.24, 2.45) is 10.9 Å². The van der Waals surface area contributed by atoms with Gasteiger partial charge in [0.25, 0.3) is 0 Å². The molecule has 0 amide bonds. The maximum atomic E-state index is 5.58. The smallest absolute Gasteiger partial charge is 0.214 e. The van der Waals surface area contributed by atoms with E-state index in [2.05, 4.69) is 39.4 Å². The van der Waals surface area contributed by atoms with Crippen LogP contribution >= 0.6 is 0 Å². The van der Waals surface area contributed by atoms with Gasteiger partial charge < -0.3 is 15.1 Å². The lowest BCUT2D eigenvalue weighted by Gasteiger charge is -2.26. The van der Waals surface area contributed by atoms with Crippen LogP contribution in [0.5, 0.6) is 0 Å². The van der Waals surface area contributed by atoms with E-state index >= 15 is 0 Å². The van der Waals surface area contributed by atoms with Crippen molar-refractivity contribution >= 4 is 5.96 Å². The maximum Gasteiger partial charge on any atom is 0.214 e. The number of guanidine groups is 1. The van der Waals surface area contributed by atoms with Crippen LogP contribution in [-0.4, -0.2) is 48.6 Å². The summed E-state index contributed by atoms with van der Waals surface area (Å²) in [7, 11) is 1.79. The SMILES string of the molecule is CN=C(NCc1nc(C)c(C)o1)NC[C@H]1CCCN1CC(C)C. The van der Waals surface area contributed by atoms with Gasteiger partial charge in [0.2, 0.25) is 5.89 Å². The predicted octanol–water partition coefficient (Wildman–Crippen LogP) is 2.08. The highest BCUT2D eigenvalue weighted by Gasteiger charge is 2.24. The number of nitrogens with one attached hydrogen (secondary N) is 2. The molecule has 1 fully saturated rings. The van der Waals surface area contributed by atoms with Crippen molar-refractivity contribution in [3.63, 3.8) is 0 Å². The molecule has 1 aromatic rings. The molecule has 130 valence electrons. The van der Waals surface area contributed by atoms with E-state index in [1.807, 2.05) is 13.8 Å². The van der Waals surface area contributed by atoms with Gasteiger partial charge in [-0.3, -0.25) is 9.89 Å². The molecule has 6 heteroatoms. The Labute approximate surface area is 139 Å². The van der Waals surface area contributed by atoms with Gasteiger partial charge in [-0.05, 0) is 39.2 Å². The molecule has 1 saturated heterocycles. The number of hydrogen-bond donors (Lipinski definition) is 2. The molecule has 0 aliphatic carbocycles. The zero-order valence-electron chi connectivity index (χ0n) is 15.1. The van der Waals surface area contributed by atoms with Crippen LogP contribution < -0.4 is 10.6 Å². The molecule has 2 N–H and O–H groups in total. The van der Waals surface area contributed by atoms with Gasteiger partial charge in [-0.1, -0.05) is 13.8 Å². The van der Waals surface area contributed by atoms with E-state index in [4.69, 9.17) is 4.42 Å². The highest BCUT2D eigenvalue weighted by atomic mass is 16.4. The minimum Gasteiger partial charge on any atom is -0.444 e. The highest BCUT2D eigenvalue weighted by molar-refractivity contribution is 5.79. The van der Waals surface area contributed by atoms with Crippen LogP contribution in [0.3, 0.4) is 0 Å². The third-order valence-corrected chi connectivity index (χ3v) is 4.31. The van der Waals surface area contributed by atoms with E-state index in [1.54, 1.807) is 7.05 Å². The second-order valence-electron chi connectivity index (χ2n) is 6.74. The first-order chi connectivity index (χ1) is 11.0. The van der Waals surface area contributed by atoms with Crippen LogP contribution in [0.4, 0.5) is 0 Å². The summed E-state index contributed by atoms with van der Waals surface area (Å²) >= 11 is 0. The number of nitrogens with zero attached hydrogens (tertiary/aromatic N) is 3. The van der Waals surface area contributed by atoms with Crippen LogP contribution in [0.25, 0.3) is 0 Å². The van der Waals surface area contributed by atoms with Crippen molar-refractivity contribution in [1.29, 1.82) is 0 Å². The van der Waals surface area contributed by atoms with Crippen LogP contribution in [0, 0.1) is 19.8 Å². The molecule has 1 aliphatic rings. The Kier molecular flexibility index (Phi) is 6.45. The lowest BCUT2D eigenvalue weighted by Crippen LogP contribution is -2.45. The fourth-order valence-electron chi connectivity index (χ4n) is 3.04. The predicted molar refractivity (Wildman–Crippen MR) is 93.6 cm³/mol. The molecule has 23 heavy (non-hydrogen) atoms. The standard InChI is InChI=1S/C17H31N5O/c1-12(2)11-22-8-6-7-15(22)9-19-17(18-5)20-10-16-21-13(3)14(4)23-16/h12,15H,6-11H2,1-5H3,(H2,18,19,20)/t15-/m1/s1. The quantitative estimate of drug-likeness (QED) is 0.620. The van der Waals surface area contributed by atoms with Gasteiger partial charge in [-0.2, -0.15) is 0 Å². The number of aryl methyl sites for hydroxylation is 2. The van der Waals surface area contributed by atoms with Crippen molar-refractivity contribution in [3.8, 4) is 0 Å². The monoisotopic (exact) mass is 321 g/mol. The minimum absolute atomic E-state index is 0.550. The summed E-state index contributed by atoms with van der Waals surface area (Å²) in [5, 5.41) is 6.70. The Morgan fingerprint density at radius 3 is 2.78 bits per heavy atom. The molecule has 0 bridgehead atoms. The van der Waals surface area contributed by atoms with Crippen LogP contribution in [-0.2, 0) is 6.54 Å². The second kappa shape index (κ2) is 8.34. The summed E-state index contributed by atoms with van der Waals surface area (Å²) in [5.41, 5.74) is 0.944. The van der Waals surface area contributed by atoms with E-state index in [-0.39, 0.29) is 0 Å². The summed E-state index contributed by atoms with van der Waals surface area (Å²) in [6.45, 7) is 12.3. The van der Waals surface area contributed by atoms with E-state index in [9.17, 15) is 0 Å². The van der Waals surface area contributed by atoms with Gasteiger partial charge >= 0.3 is 0 Å². The van der Waals surface area contributed by atoms with E-state index in [0.717, 1.165) is 24.0 Å². The van der Waals surface area contributed by atoms with Gasteiger partial charge in [0.1, 0.15) is 5.76 Å². The molecule has 1 aliphatic heterocycles. The van der Waals surface area contributed by atoms with E-state index in [1.165, 1.54) is 25.9 Å². The minimum atomic E-state index is 0.550. The Balaban J connectivity index is 1.78. The fourth-order valence-corrected chi connectivity index (χ4v) is 3.04. The molecule has 2 rings (SSSR count). The molecule has 6 nitrogen and oxygen atoms in total. The molecule has 0 unspecified atom stereocenters. The van der Waals surface area contributed by atoms with E-state index in [0.29, 0.717) is 24.4 Å². The Hall–Kier alpha value is -1.56. The topological polar surface area (TPSA) is 65.7 Å². The fraction of sp³-hybridized carbons (Fsp3) is 0.765. The Bertz CT molecular complexity index is 504. The summed E-state index contributed by atoms with van der Waals surface area (Å²) in [6.07, 6.45) is 2.55. The molecule has 0 spiro atoms. The van der Waals surface area contributed by atoms with Crippen molar-refractivity contribution in [1.82, 2.24) is 20.5 Å². The van der Waals surface area contributed by atoms with Crippen molar-refractivity contribution in [2.45, 2.75) is 53.1 Å². The Morgan fingerprint density at radius 1 is 1.39 bits per heavy atom. The first-order valence-electron chi connectivity index (χ1n) is 8.61. The number of aliphatic imine (C=N–C) groups is 1. The molecule has 1 atom stereocenters. The average Bonchev–Trinajstić information content (AvgIpc) is 3.06. The van der Waals surface area contributed by atoms with Crippen LogP contribution in [0.1, 0.15) is 44.0 Å². The van der Waals surface area contributed by atoms with Crippen LogP contribution in [0.2, 0.25) is 0 Å². The molecular weight excluding hydrogens is 290 g/mol. The average molecular weight is 321 g/mol. The molecular formula is C17H31N5O. The summed E-state index contributed by atoms with van der Waals surface area (Å²) in [6, 6.07) is 0.599. The molecule has 0 aromatic carbocycles. The van der Waals surface area contributed by atoms with Gasteiger partial charge in [0.15, 0.2) is 5.96 Å². The normalized spacial score (nSPS) is 19.6.